The first-order chi connectivity index (χ1) is 8.58. The van der Waals surface area contributed by atoms with Crippen LogP contribution in [0.1, 0.15) is 18.4 Å². The summed E-state index contributed by atoms with van der Waals surface area (Å²) in [6, 6.07) is 13.3. The zero-order valence-corrected chi connectivity index (χ0v) is 9.89. The van der Waals surface area contributed by atoms with Crippen LogP contribution < -0.4 is 5.11 Å². The maximum atomic E-state index is 13.1. The van der Waals surface area contributed by atoms with Gasteiger partial charge >= 0.3 is 0 Å². The topological polar surface area (TPSA) is 40.1 Å². The summed E-state index contributed by atoms with van der Waals surface area (Å²) in [5.41, 5.74) is 2.29. The third-order valence-electron chi connectivity index (χ3n) is 2.92. The average Bonchev–Trinajstić information content (AvgIpc) is 2.38. The molecule has 18 heavy (non-hydrogen) atoms. The smallest absolute Gasteiger partial charge is 0.123 e. The molecule has 0 aliphatic heterocycles. The first-order valence-corrected chi connectivity index (χ1v) is 5.64. The van der Waals surface area contributed by atoms with Crippen LogP contribution in [0.4, 0.5) is 4.39 Å². The van der Waals surface area contributed by atoms with E-state index in [2.05, 4.69) is 0 Å². The molecule has 92 valence electrons. The number of carbonyl (C=O) groups excluding carboxylic acids is 1. The SMILES string of the molecule is C[C@H](C(=O)[O-])c1ccc(-c2cccc(F)c2)cc1. The number of hydrogen-bond donors (Lipinski definition) is 0. The Morgan fingerprint density at radius 3 is 2.33 bits per heavy atom. The predicted octanol–water partition coefficient (Wildman–Crippen LogP) is 2.35. The molecule has 0 bridgehead atoms. The van der Waals surface area contributed by atoms with Gasteiger partial charge in [-0.25, -0.2) is 4.39 Å². The van der Waals surface area contributed by atoms with E-state index in [-0.39, 0.29) is 5.82 Å². The van der Waals surface area contributed by atoms with Crippen LogP contribution in [-0.4, -0.2) is 5.97 Å². The summed E-state index contributed by atoms with van der Waals surface area (Å²) < 4.78 is 13.1. The summed E-state index contributed by atoms with van der Waals surface area (Å²) in [4.78, 5) is 10.7. The second-order valence-electron chi connectivity index (χ2n) is 4.17. The lowest BCUT2D eigenvalue weighted by molar-refractivity contribution is -0.307. The van der Waals surface area contributed by atoms with E-state index >= 15 is 0 Å². The molecule has 2 rings (SSSR count). The van der Waals surface area contributed by atoms with Gasteiger partial charge in [-0.15, -0.1) is 0 Å². The fraction of sp³-hybridized carbons (Fsp3) is 0.133. The second kappa shape index (κ2) is 5.00. The molecule has 0 aliphatic rings. The monoisotopic (exact) mass is 243 g/mol. The summed E-state index contributed by atoms with van der Waals surface area (Å²) in [6.07, 6.45) is 0. The maximum absolute atomic E-state index is 13.1. The minimum Gasteiger partial charge on any atom is -0.550 e. The molecular weight excluding hydrogens is 231 g/mol. The van der Waals surface area contributed by atoms with E-state index in [9.17, 15) is 14.3 Å². The van der Waals surface area contributed by atoms with Crippen molar-refractivity contribution in [3.63, 3.8) is 0 Å². The molecule has 0 saturated heterocycles. The van der Waals surface area contributed by atoms with Crippen LogP contribution in [0.5, 0.6) is 0 Å². The van der Waals surface area contributed by atoms with Crippen molar-refractivity contribution in [3.05, 3.63) is 59.9 Å². The lowest BCUT2D eigenvalue weighted by Gasteiger charge is -2.13. The van der Waals surface area contributed by atoms with E-state index < -0.39 is 11.9 Å². The zero-order chi connectivity index (χ0) is 13.1. The van der Waals surface area contributed by atoms with E-state index in [1.165, 1.54) is 12.1 Å². The van der Waals surface area contributed by atoms with E-state index in [0.29, 0.717) is 5.56 Å². The molecule has 1 atom stereocenters. The van der Waals surface area contributed by atoms with E-state index in [4.69, 9.17) is 0 Å². The number of hydrogen-bond acceptors (Lipinski definition) is 2. The quantitative estimate of drug-likeness (QED) is 0.830. The standard InChI is InChI=1S/C15H13FO2/c1-10(15(17)18)11-5-7-12(8-6-11)13-3-2-4-14(16)9-13/h2-10H,1H3,(H,17,18)/p-1/t10-/m0/s1. The lowest BCUT2D eigenvalue weighted by Crippen LogP contribution is -2.27. The summed E-state index contributed by atoms with van der Waals surface area (Å²) >= 11 is 0. The summed E-state index contributed by atoms with van der Waals surface area (Å²) in [6.45, 7) is 1.58. The van der Waals surface area contributed by atoms with Gasteiger partial charge < -0.3 is 9.90 Å². The maximum Gasteiger partial charge on any atom is 0.123 e. The van der Waals surface area contributed by atoms with Crippen LogP contribution in [0.25, 0.3) is 11.1 Å². The van der Waals surface area contributed by atoms with Crippen molar-refractivity contribution < 1.29 is 14.3 Å². The molecular formula is C15H12FO2-. The minimum atomic E-state index is -1.10. The molecule has 0 radical (unpaired) electrons. The highest BCUT2D eigenvalue weighted by atomic mass is 19.1. The minimum absolute atomic E-state index is 0.292. The average molecular weight is 243 g/mol. The number of aliphatic carboxylic acids is 1. The Kier molecular flexibility index (Phi) is 3.42. The van der Waals surface area contributed by atoms with E-state index in [1.54, 1.807) is 43.3 Å². The van der Waals surface area contributed by atoms with Crippen LogP contribution in [0.15, 0.2) is 48.5 Å². The van der Waals surface area contributed by atoms with Crippen LogP contribution in [0.3, 0.4) is 0 Å². The number of rotatable bonds is 3. The molecule has 0 heterocycles. The van der Waals surface area contributed by atoms with Crippen molar-refractivity contribution in [3.8, 4) is 11.1 Å². The van der Waals surface area contributed by atoms with Crippen molar-refractivity contribution in [1.29, 1.82) is 0 Å². The Balaban J connectivity index is 2.30. The molecule has 3 heteroatoms. The molecule has 2 aromatic rings. The Labute approximate surface area is 105 Å². The summed E-state index contributed by atoms with van der Waals surface area (Å²) in [5.74, 6) is -2.04. The Morgan fingerprint density at radius 1 is 1.11 bits per heavy atom. The number of carboxylic acids is 1. The molecule has 0 unspecified atom stereocenters. The molecule has 0 spiro atoms. The van der Waals surface area contributed by atoms with Crippen LogP contribution >= 0.6 is 0 Å². The highest BCUT2D eigenvalue weighted by Gasteiger charge is 2.06. The van der Waals surface area contributed by atoms with Crippen molar-refractivity contribution in [2.24, 2.45) is 0 Å². The van der Waals surface area contributed by atoms with Gasteiger partial charge in [-0.05, 0) is 28.8 Å². The lowest BCUT2D eigenvalue weighted by atomic mass is 9.98. The fourth-order valence-electron chi connectivity index (χ4n) is 1.77. The number of carbonyl (C=O) groups is 1. The van der Waals surface area contributed by atoms with Crippen molar-refractivity contribution in [2.75, 3.05) is 0 Å². The molecule has 0 N–H and O–H groups in total. The molecule has 0 amide bonds. The fourth-order valence-corrected chi connectivity index (χ4v) is 1.77. The Bertz CT molecular complexity index is 561. The van der Waals surface area contributed by atoms with Gasteiger partial charge in [0.15, 0.2) is 0 Å². The zero-order valence-electron chi connectivity index (χ0n) is 9.89. The van der Waals surface area contributed by atoms with Crippen LogP contribution in [-0.2, 0) is 4.79 Å². The van der Waals surface area contributed by atoms with Crippen LogP contribution in [0.2, 0.25) is 0 Å². The van der Waals surface area contributed by atoms with Gasteiger partial charge in [0.1, 0.15) is 5.82 Å². The highest BCUT2D eigenvalue weighted by Crippen LogP contribution is 2.23. The van der Waals surface area contributed by atoms with E-state index in [0.717, 1.165) is 11.1 Å². The normalized spacial score (nSPS) is 12.1. The van der Waals surface area contributed by atoms with Crippen molar-refractivity contribution in [2.45, 2.75) is 12.8 Å². The third-order valence-corrected chi connectivity index (χ3v) is 2.92. The third kappa shape index (κ3) is 2.56. The summed E-state index contributed by atoms with van der Waals surface area (Å²) in [7, 11) is 0. The van der Waals surface area contributed by atoms with Gasteiger partial charge in [0.2, 0.25) is 0 Å². The van der Waals surface area contributed by atoms with Crippen molar-refractivity contribution in [1.82, 2.24) is 0 Å². The molecule has 0 aromatic heterocycles. The number of halogens is 1. The van der Waals surface area contributed by atoms with E-state index in [1.807, 2.05) is 0 Å². The highest BCUT2D eigenvalue weighted by molar-refractivity contribution is 5.74. The van der Waals surface area contributed by atoms with Gasteiger partial charge in [-0.3, -0.25) is 0 Å². The molecule has 0 fully saturated rings. The second-order valence-corrected chi connectivity index (χ2v) is 4.17. The number of benzene rings is 2. The van der Waals surface area contributed by atoms with Crippen molar-refractivity contribution >= 4 is 5.97 Å². The first kappa shape index (κ1) is 12.3. The summed E-state index contributed by atoms with van der Waals surface area (Å²) in [5, 5.41) is 10.7. The number of carboxylic acid groups (broad SMARTS) is 1. The molecule has 0 saturated carbocycles. The predicted molar refractivity (Wildman–Crippen MR) is 65.3 cm³/mol. The largest absolute Gasteiger partial charge is 0.550 e. The van der Waals surface area contributed by atoms with Crippen LogP contribution in [0, 0.1) is 5.82 Å². The first-order valence-electron chi connectivity index (χ1n) is 5.64. The van der Waals surface area contributed by atoms with Gasteiger partial charge in [-0.1, -0.05) is 43.3 Å². The molecule has 2 nitrogen and oxygen atoms in total. The Hall–Kier alpha value is -2.16. The molecule has 2 aromatic carbocycles. The van der Waals surface area contributed by atoms with Gasteiger partial charge in [0.05, 0.1) is 0 Å². The van der Waals surface area contributed by atoms with Gasteiger partial charge in [0, 0.05) is 11.9 Å². The Morgan fingerprint density at radius 2 is 1.78 bits per heavy atom. The van der Waals surface area contributed by atoms with Gasteiger partial charge in [-0.2, -0.15) is 0 Å². The van der Waals surface area contributed by atoms with Gasteiger partial charge in [0.25, 0.3) is 0 Å². The molecule has 0 aliphatic carbocycles.